The second-order valence-corrected chi connectivity index (χ2v) is 5.14. The van der Waals surface area contributed by atoms with Gasteiger partial charge in [0.1, 0.15) is 0 Å². The van der Waals surface area contributed by atoms with Crippen molar-refractivity contribution in [1.82, 2.24) is 10.4 Å². The number of anilines is 1. The molecule has 118 valence electrons. The summed E-state index contributed by atoms with van der Waals surface area (Å²) in [7, 11) is 0. The number of pyridine rings is 1. The lowest BCUT2D eigenvalue weighted by Gasteiger charge is -2.07. The van der Waals surface area contributed by atoms with Crippen molar-refractivity contribution in [3.63, 3.8) is 0 Å². The van der Waals surface area contributed by atoms with Crippen LogP contribution in [0.15, 0.2) is 53.9 Å². The number of benzene rings is 1. The standard InChI is InChI=1S/C16H15ClN4O2/c1-11(20-21-16(23)12-5-4-8-18-10-12)9-15(22)19-14-7-3-2-6-13(14)17/h2-8,10H,9H2,1H3,(H,19,22)(H,21,23). The Morgan fingerprint density at radius 3 is 2.70 bits per heavy atom. The van der Waals surface area contributed by atoms with E-state index in [0.717, 1.165) is 0 Å². The van der Waals surface area contributed by atoms with Gasteiger partial charge in [0.25, 0.3) is 5.91 Å². The van der Waals surface area contributed by atoms with Gasteiger partial charge < -0.3 is 5.32 Å². The van der Waals surface area contributed by atoms with E-state index >= 15 is 0 Å². The summed E-state index contributed by atoms with van der Waals surface area (Å²) in [5.41, 5.74) is 3.77. The lowest BCUT2D eigenvalue weighted by atomic mass is 10.2. The molecule has 0 unspecified atom stereocenters. The van der Waals surface area contributed by atoms with Crippen LogP contribution in [0.4, 0.5) is 5.69 Å². The van der Waals surface area contributed by atoms with Crippen molar-refractivity contribution in [3.05, 3.63) is 59.4 Å². The molecule has 0 spiro atoms. The summed E-state index contributed by atoms with van der Waals surface area (Å²) in [4.78, 5) is 27.6. The summed E-state index contributed by atoms with van der Waals surface area (Å²) in [5, 5.41) is 7.04. The van der Waals surface area contributed by atoms with Gasteiger partial charge in [-0.25, -0.2) is 5.43 Å². The molecule has 1 aromatic carbocycles. The van der Waals surface area contributed by atoms with Crippen molar-refractivity contribution >= 4 is 34.8 Å². The number of nitrogens with one attached hydrogen (secondary N) is 2. The van der Waals surface area contributed by atoms with E-state index in [0.29, 0.717) is 22.0 Å². The molecule has 2 rings (SSSR count). The average molecular weight is 331 g/mol. The first-order valence-electron chi connectivity index (χ1n) is 6.84. The third-order valence-corrected chi connectivity index (χ3v) is 3.17. The van der Waals surface area contributed by atoms with E-state index in [-0.39, 0.29) is 18.2 Å². The number of hydrazone groups is 1. The fourth-order valence-corrected chi connectivity index (χ4v) is 1.92. The molecule has 0 bridgehead atoms. The molecule has 7 heteroatoms. The van der Waals surface area contributed by atoms with E-state index in [4.69, 9.17) is 11.6 Å². The molecule has 0 fully saturated rings. The largest absolute Gasteiger partial charge is 0.324 e. The molecule has 0 saturated carbocycles. The van der Waals surface area contributed by atoms with Crippen LogP contribution >= 0.6 is 11.6 Å². The highest BCUT2D eigenvalue weighted by Crippen LogP contribution is 2.20. The predicted octanol–water partition coefficient (Wildman–Crippen LogP) is 2.87. The maximum Gasteiger partial charge on any atom is 0.272 e. The van der Waals surface area contributed by atoms with E-state index in [9.17, 15) is 9.59 Å². The molecule has 0 aliphatic heterocycles. The van der Waals surface area contributed by atoms with Gasteiger partial charge in [0.05, 0.1) is 22.7 Å². The minimum Gasteiger partial charge on any atom is -0.324 e. The van der Waals surface area contributed by atoms with Gasteiger partial charge in [-0.1, -0.05) is 23.7 Å². The van der Waals surface area contributed by atoms with Crippen molar-refractivity contribution in [1.29, 1.82) is 0 Å². The molecule has 23 heavy (non-hydrogen) atoms. The van der Waals surface area contributed by atoms with Crippen molar-refractivity contribution in [2.45, 2.75) is 13.3 Å². The van der Waals surface area contributed by atoms with Crippen LogP contribution in [0.5, 0.6) is 0 Å². The molecule has 0 atom stereocenters. The molecule has 0 aliphatic rings. The highest BCUT2D eigenvalue weighted by atomic mass is 35.5. The number of halogens is 1. The fourth-order valence-electron chi connectivity index (χ4n) is 1.74. The summed E-state index contributed by atoms with van der Waals surface area (Å²) in [6, 6.07) is 10.2. The summed E-state index contributed by atoms with van der Waals surface area (Å²) in [6.45, 7) is 1.65. The smallest absolute Gasteiger partial charge is 0.272 e. The summed E-state index contributed by atoms with van der Waals surface area (Å²) < 4.78 is 0. The molecule has 0 radical (unpaired) electrons. The zero-order valence-corrected chi connectivity index (χ0v) is 13.2. The summed E-state index contributed by atoms with van der Waals surface area (Å²) >= 11 is 5.97. The molecule has 6 nitrogen and oxygen atoms in total. The third kappa shape index (κ3) is 5.19. The topological polar surface area (TPSA) is 83.5 Å². The van der Waals surface area contributed by atoms with Crippen LogP contribution in [-0.4, -0.2) is 22.5 Å². The van der Waals surface area contributed by atoms with Crippen LogP contribution < -0.4 is 10.7 Å². The minimum absolute atomic E-state index is 0.0402. The lowest BCUT2D eigenvalue weighted by molar-refractivity contribution is -0.115. The van der Waals surface area contributed by atoms with E-state index in [1.807, 2.05) is 0 Å². The SMILES string of the molecule is CC(CC(=O)Nc1ccccc1Cl)=NNC(=O)c1cccnc1. The first kappa shape index (κ1) is 16.6. The Bertz CT molecular complexity index is 732. The van der Waals surface area contributed by atoms with Gasteiger partial charge in [0, 0.05) is 18.1 Å². The maximum absolute atomic E-state index is 11.9. The zero-order chi connectivity index (χ0) is 16.7. The molecule has 2 N–H and O–H groups in total. The van der Waals surface area contributed by atoms with Crippen LogP contribution in [-0.2, 0) is 4.79 Å². The average Bonchev–Trinajstić information content (AvgIpc) is 2.55. The predicted molar refractivity (Wildman–Crippen MR) is 89.5 cm³/mol. The first-order chi connectivity index (χ1) is 11.1. The fraction of sp³-hybridized carbons (Fsp3) is 0.125. The number of hydrogen-bond donors (Lipinski definition) is 2. The highest BCUT2D eigenvalue weighted by Gasteiger charge is 2.08. The van der Waals surface area contributed by atoms with Crippen LogP contribution in [0.25, 0.3) is 0 Å². The quantitative estimate of drug-likeness (QED) is 0.653. The zero-order valence-electron chi connectivity index (χ0n) is 12.4. The number of hydrogen-bond acceptors (Lipinski definition) is 4. The van der Waals surface area contributed by atoms with Gasteiger partial charge in [0.2, 0.25) is 5.91 Å². The van der Waals surface area contributed by atoms with E-state index in [1.54, 1.807) is 49.5 Å². The molecular weight excluding hydrogens is 316 g/mol. The normalized spacial score (nSPS) is 11.0. The molecule has 1 heterocycles. The van der Waals surface area contributed by atoms with Gasteiger partial charge in [-0.2, -0.15) is 5.10 Å². The minimum atomic E-state index is -0.385. The molecular formula is C16H15ClN4O2. The number of rotatable bonds is 5. The number of para-hydroxylation sites is 1. The van der Waals surface area contributed by atoms with E-state index in [1.165, 1.54) is 6.20 Å². The van der Waals surface area contributed by atoms with Crippen molar-refractivity contribution in [2.24, 2.45) is 5.10 Å². The number of carbonyl (C=O) groups excluding carboxylic acids is 2. The number of nitrogens with zero attached hydrogens (tertiary/aromatic N) is 2. The van der Waals surface area contributed by atoms with Gasteiger partial charge in [-0.05, 0) is 31.2 Å². The molecule has 2 amide bonds. The van der Waals surface area contributed by atoms with Crippen molar-refractivity contribution in [2.75, 3.05) is 5.32 Å². The number of carbonyl (C=O) groups is 2. The Balaban J connectivity index is 1.88. The summed E-state index contributed by atoms with van der Waals surface area (Å²) in [6.07, 6.45) is 3.05. The van der Waals surface area contributed by atoms with Crippen LogP contribution in [0.3, 0.4) is 0 Å². The monoisotopic (exact) mass is 330 g/mol. The molecule has 1 aromatic heterocycles. The van der Waals surface area contributed by atoms with E-state index < -0.39 is 0 Å². The summed E-state index contributed by atoms with van der Waals surface area (Å²) in [5.74, 6) is -0.654. The van der Waals surface area contributed by atoms with Gasteiger partial charge in [0.15, 0.2) is 0 Å². The van der Waals surface area contributed by atoms with E-state index in [2.05, 4.69) is 20.8 Å². The highest BCUT2D eigenvalue weighted by molar-refractivity contribution is 6.33. The van der Waals surface area contributed by atoms with Gasteiger partial charge >= 0.3 is 0 Å². The number of aromatic nitrogens is 1. The van der Waals surface area contributed by atoms with Crippen molar-refractivity contribution in [3.8, 4) is 0 Å². The second-order valence-electron chi connectivity index (χ2n) is 4.73. The second kappa shape index (κ2) is 8.05. The first-order valence-corrected chi connectivity index (χ1v) is 7.22. The van der Waals surface area contributed by atoms with Gasteiger partial charge in [-0.3, -0.25) is 14.6 Å². The maximum atomic E-state index is 11.9. The third-order valence-electron chi connectivity index (χ3n) is 2.84. The van der Waals surface area contributed by atoms with Gasteiger partial charge in [-0.15, -0.1) is 0 Å². The van der Waals surface area contributed by atoms with Crippen molar-refractivity contribution < 1.29 is 9.59 Å². The number of amides is 2. The Morgan fingerprint density at radius 1 is 1.22 bits per heavy atom. The molecule has 0 aliphatic carbocycles. The molecule has 0 saturated heterocycles. The molecule has 2 aromatic rings. The Hall–Kier alpha value is -2.73. The van der Waals surface area contributed by atoms with Crippen LogP contribution in [0.2, 0.25) is 5.02 Å². The lowest BCUT2D eigenvalue weighted by Crippen LogP contribution is -2.21. The Labute approximate surface area is 138 Å². The van der Waals surface area contributed by atoms with Crippen LogP contribution in [0.1, 0.15) is 23.7 Å². The Kier molecular flexibility index (Phi) is 5.82. The Morgan fingerprint density at radius 2 is 2.00 bits per heavy atom. The van der Waals surface area contributed by atoms with Crippen LogP contribution in [0, 0.1) is 0 Å².